The Bertz CT molecular complexity index is 455. The molecule has 92 valence electrons. The van der Waals surface area contributed by atoms with E-state index in [1.807, 2.05) is 48.3 Å². The van der Waals surface area contributed by atoms with Crippen molar-refractivity contribution in [3.63, 3.8) is 0 Å². The highest BCUT2D eigenvalue weighted by Crippen LogP contribution is 2.23. The van der Waals surface area contributed by atoms with Crippen LogP contribution in [-0.2, 0) is 23.0 Å². The highest BCUT2D eigenvalue weighted by Gasteiger charge is 2.04. The van der Waals surface area contributed by atoms with E-state index < -0.39 is 0 Å². The van der Waals surface area contributed by atoms with Gasteiger partial charge in [-0.3, -0.25) is 9.97 Å². The van der Waals surface area contributed by atoms with E-state index in [0.29, 0.717) is 0 Å². The maximum Gasteiger partial charge on any atom is 0.0308 e. The third kappa shape index (κ3) is 3.06. The summed E-state index contributed by atoms with van der Waals surface area (Å²) in [5.74, 6) is 4.09. The number of pyridine rings is 2. The Labute approximate surface area is 116 Å². The van der Waals surface area contributed by atoms with Crippen LogP contribution in [0.4, 0.5) is 0 Å². The molecule has 0 N–H and O–H groups in total. The number of fused-ring (bicyclic) bond motifs is 4. The molecule has 4 heteroatoms. The minimum Gasteiger partial charge on any atom is -0.264 e. The SMILES string of the molecule is c1ncc2cc1CSCc1cncc(c1)CSC2. The van der Waals surface area contributed by atoms with E-state index in [-0.39, 0.29) is 0 Å². The third-order valence-electron chi connectivity index (χ3n) is 2.78. The Balaban J connectivity index is 1.84. The molecule has 3 rings (SSSR count). The van der Waals surface area contributed by atoms with Gasteiger partial charge in [0.1, 0.15) is 0 Å². The molecule has 0 fully saturated rings. The number of aromatic nitrogens is 2. The monoisotopic (exact) mass is 274 g/mol. The van der Waals surface area contributed by atoms with E-state index in [2.05, 4.69) is 22.1 Å². The molecule has 0 radical (unpaired) electrons. The van der Waals surface area contributed by atoms with Gasteiger partial charge >= 0.3 is 0 Å². The van der Waals surface area contributed by atoms with E-state index in [1.54, 1.807) is 0 Å². The van der Waals surface area contributed by atoms with Crippen LogP contribution in [0, 0.1) is 0 Å². The lowest BCUT2D eigenvalue weighted by Crippen LogP contribution is -1.93. The molecule has 0 unspecified atom stereocenters. The van der Waals surface area contributed by atoms with E-state index in [9.17, 15) is 0 Å². The molecule has 0 saturated carbocycles. The van der Waals surface area contributed by atoms with Gasteiger partial charge in [0.2, 0.25) is 0 Å². The maximum absolute atomic E-state index is 4.32. The van der Waals surface area contributed by atoms with E-state index in [1.165, 1.54) is 22.3 Å². The van der Waals surface area contributed by atoms with Crippen LogP contribution in [0.3, 0.4) is 0 Å². The van der Waals surface area contributed by atoms with Crippen LogP contribution in [0.15, 0.2) is 36.9 Å². The van der Waals surface area contributed by atoms with Gasteiger partial charge in [-0.2, -0.15) is 23.5 Å². The summed E-state index contributed by atoms with van der Waals surface area (Å²) in [6.45, 7) is 0. The lowest BCUT2D eigenvalue weighted by atomic mass is 10.2. The van der Waals surface area contributed by atoms with Crippen molar-refractivity contribution < 1.29 is 0 Å². The fourth-order valence-corrected chi connectivity index (χ4v) is 3.75. The van der Waals surface area contributed by atoms with Gasteiger partial charge in [-0.05, 0) is 22.3 Å². The van der Waals surface area contributed by atoms with Crippen molar-refractivity contribution >= 4 is 23.5 Å². The molecule has 1 aliphatic heterocycles. The molecule has 0 spiro atoms. The zero-order valence-electron chi connectivity index (χ0n) is 10.0. The topological polar surface area (TPSA) is 25.8 Å². The Morgan fingerprint density at radius 1 is 0.611 bits per heavy atom. The van der Waals surface area contributed by atoms with Crippen LogP contribution in [0.1, 0.15) is 22.3 Å². The maximum atomic E-state index is 4.32. The second kappa shape index (κ2) is 5.76. The fourth-order valence-electron chi connectivity index (χ4n) is 1.97. The summed E-state index contributed by atoms with van der Waals surface area (Å²) >= 11 is 3.85. The average Bonchev–Trinajstić information content (AvgIpc) is 2.39. The molecule has 1 aliphatic rings. The summed E-state index contributed by atoms with van der Waals surface area (Å²) < 4.78 is 0. The first-order valence-electron chi connectivity index (χ1n) is 5.91. The van der Waals surface area contributed by atoms with Gasteiger partial charge < -0.3 is 0 Å². The van der Waals surface area contributed by atoms with Crippen molar-refractivity contribution in [1.82, 2.24) is 9.97 Å². The van der Waals surface area contributed by atoms with Gasteiger partial charge in [0.05, 0.1) is 0 Å². The lowest BCUT2D eigenvalue weighted by molar-refractivity contribution is 1.17. The molecule has 0 amide bonds. The summed E-state index contributed by atoms with van der Waals surface area (Å²) in [5, 5.41) is 0. The molecule has 4 bridgehead atoms. The van der Waals surface area contributed by atoms with E-state index in [4.69, 9.17) is 0 Å². The van der Waals surface area contributed by atoms with Gasteiger partial charge in [-0.1, -0.05) is 12.1 Å². The predicted molar refractivity (Wildman–Crippen MR) is 78.5 cm³/mol. The Kier molecular flexibility index (Phi) is 3.86. The predicted octanol–water partition coefficient (Wildman–Crippen LogP) is 3.66. The summed E-state index contributed by atoms with van der Waals surface area (Å²) in [4.78, 5) is 8.65. The highest BCUT2D eigenvalue weighted by atomic mass is 32.2. The van der Waals surface area contributed by atoms with Crippen molar-refractivity contribution in [3.8, 4) is 0 Å². The molecular formula is C14H14N2S2. The molecular weight excluding hydrogens is 260 g/mol. The Morgan fingerprint density at radius 2 is 0.944 bits per heavy atom. The number of hydrogen-bond donors (Lipinski definition) is 0. The van der Waals surface area contributed by atoms with Gasteiger partial charge in [0, 0.05) is 47.8 Å². The summed E-state index contributed by atoms with van der Waals surface area (Å²) in [6.07, 6.45) is 7.90. The van der Waals surface area contributed by atoms with Crippen LogP contribution in [0.5, 0.6) is 0 Å². The van der Waals surface area contributed by atoms with Crippen LogP contribution in [0.2, 0.25) is 0 Å². The standard InChI is InChI=1S/C14H14N2S2/c1-11-3-15-4-12(1)8-18-10-14-2-13(5-16-6-14)9-17-7-11/h1-6H,7-10H2. The molecule has 2 aromatic heterocycles. The summed E-state index contributed by atoms with van der Waals surface area (Å²) in [5.41, 5.74) is 5.29. The minimum absolute atomic E-state index is 1.02. The van der Waals surface area contributed by atoms with E-state index in [0.717, 1.165) is 23.0 Å². The van der Waals surface area contributed by atoms with Crippen molar-refractivity contribution in [3.05, 3.63) is 59.2 Å². The smallest absolute Gasteiger partial charge is 0.0308 e. The summed E-state index contributed by atoms with van der Waals surface area (Å²) in [7, 11) is 0. The van der Waals surface area contributed by atoms with Crippen LogP contribution < -0.4 is 0 Å². The molecule has 0 aliphatic carbocycles. The Morgan fingerprint density at radius 3 is 1.28 bits per heavy atom. The Hall–Kier alpha value is -1.00. The molecule has 2 aromatic rings. The zero-order chi connectivity index (χ0) is 12.2. The van der Waals surface area contributed by atoms with E-state index >= 15 is 0 Å². The quantitative estimate of drug-likeness (QED) is 0.732. The van der Waals surface area contributed by atoms with Crippen LogP contribution in [0.25, 0.3) is 0 Å². The molecule has 0 aromatic carbocycles. The third-order valence-corrected chi connectivity index (χ3v) is 4.93. The number of nitrogens with zero attached hydrogens (tertiary/aromatic N) is 2. The number of hydrogen-bond acceptors (Lipinski definition) is 4. The number of rotatable bonds is 0. The fraction of sp³-hybridized carbons (Fsp3) is 0.286. The van der Waals surface area contributed by atoms with Crippen molar-refractivity contribution in [2.45, 2.75) is 23.0 Å². The van der Waals surface area contributed by atoms with Crippen molar-refractivity contribution in [2.24, 2.45) is 0 Å². The average molecular weight is 274 g/mol. The summed E-state index contributed by atoms with van der Waals surface area (Å²) in [6, 6.07) is 4.56. The van der Waals surface area contributed by atoms with Crippen LogP contribution >= 0.6 is 23.5 Å². The van der Waals surface area contributed by atoms with Gasteiger partial charge in [-0.25, -0.2) is 0 Å². The first-order chi connectivity index (χ1) is 8.90. The van der Waals surface area contributed by atoms with Gasteiger partial charge in [-0.15, -0.1) is 0 Å². The molecule has 0 atom stereocenters. The largest absolute Gasteiger partial charge is 0.264 e. The second-order valence-electron chi connectivity index (χ2n) is 4.39. The van der Waals surface area contributed by atoms with Gasteiger partial charge in [0.25, 0.3) is 0 Å². The van der Waals surface area contributed by atoms with Crippen molar-refractivity contribution in [1.29, 1.82) is 0 Å². The second-order valence-corrected chi connectivity index (χ2v) is 6.36. The highest BCUT2D eigenvalue weighted by molar-refractivity contribution is 7.98. The van der Waals surface area contributed by atoms with Crippen molar-refractivity contribution in [2.75, 3.05) is 0 Å². The normalized spacial score (nSPS) is 15.6. The zero-order valence-corrected chi connectivity index (χ0v) is 11.6. The molecule has 18 heavy (non-hydrogen) atoms. The first-order valence-corrected chi connectivity index (χ1v) is 8.22. The molecule has 3 heterocycles. The minimum atomic E-state index is 1.02. The molecule has 2 nitrogen and oxygen atoms in total. The van der Waals surface area contributed by atoms with Gasteiger partial charge in [0.15, 0.2) is 0 Å². The van der Waals surface area contributed by atoms with Crippen LogP contribution in [-0.4, -0.2) is 9.97 Å². The molecule has 0 saturated heterocycles. The lowest BCUT2D eigenvalue weighted by Gasteiger charge is -2.09. The first kappa shape index (κ1) is 12.1. The number of thioether (sulfide) groups is 2.